The summed E-state index contributed by atoms with van der Waals surface area (Å²) in [5.41, 5.74) is 1.37. The lowest BCUT2D eigenvalue weighted by Crippen LogP contribution is -2.27. The third-order valence-corrected chi connectivity index (χ3v) is 5.51. The van der Waals surface area contributed by atoms with Crippen molar-refractivity contribution in [2.45, 2.75) is 38.4 Å². The molecular weight excluding hydrogens is 408 g/mol. The number of hydrogen-bond donors (Lipinski definition) is 1. The largest absolute Gasteiger partial charge is 0.352 e. The zero-order valence-corrected chi connectivity index (χ0v) is 19.0. The number of ketones is 1. The molecule has 1 amide bonds. The van der Waals surface area contributed by atoms with Gasteiger partial charge in [0.15, 0.2) is 10.9 Å². The molecule has 31 heavy (non-hydrogen) atoms. The fraction of sp³-hybridized carbons (Fsp3) is 0.333. The molecule has 2 aromatic carbocycles. The quantitative estimate of drug-likeness (QED) is 0.292. The van der Waals surface area contributed by atoms with E-state index in [1.54, 1.807) is 48.2 Å². The van der Waals surface area contributed by atoms with Crippen LogP contribution in [0.25, 0.3) is 0 Å². The highest BCUT2D eigenvalue weighted by molar-refractivity contribution is 7.98. The van der Waals surface area contributed by atoms with E-state index in [9.17, 15) is 9.59 Å². The predicted octanol–water partition coefficient (Wildman–Crippen LogP) is 4.25. The lowest BCUT2D eigenvalue weighted by atomic mass is 9.98. The van der Waals surface area contributed by atoms with E-state index >= 15 is 0 Å². The van der Waals surface area contributed by atoms with E-state index in [0.717, 1.165) is 30.4 Å². The van der Waals surface area contributed by atoms with Gasteiger partial charge in [0.1, 0.15) is 5.82 Å². The molecule has 3 aromatic rings. The second kappa shape index (κ2) is 10.9. The summed E-state index contributed by atoms with van der Waals surface area (Å²) in [5, 5.41) is 12.4. The highest BCUT2D eigenvalue weighted by Crippen LogP contribution is 2.17. The zero-order chi connectivity index (χ0) is 22.2. The summed E-state index contributed by atoms with van der Waals surface area (Å²) in [4.78, 5) is 25.6. The van der Waals surface area contributed by atoms with Crippen molar-refractivity contribution in [3.8, 4) is 0 Å². The van der Waals surface area contributed by atoms with E-state index in [-0.39, 0.29) is 11.7 Å². The van der Waals surface area contributed by atoms with Gasteiger partial charge in [-0.3, -0.25) is 9.59 Å². The monoisotopic (exact) mass is 436 g/mol. The zero-order valence-electron chi connectivity index (χ0n) is 18.2. The van der Waals surface area contributed by atoms with Crippen molar-refractivity contribution < 1.29 is 9.59 Å². The van der Waals surface area contributed by atoms with Gasteiger partial charge in [-0.1, -0.05) is 74.1 Å². The van der Waals surface area contributed by atoms with Crippen LogP contribution < -0.4 is 5.32 Å². The first kappa shape index (κ1) is 22.7. The molecule has 0 atom stereocenters. The normalized spacial score (nSPS) is 11.0. The Morgan fingerprint density at radius 1 is 1.00 bits per heavy atom. The maximum absolute atomic E-state index is 12.8. The minimum Gasteiger partial charge on any atom is -0.352 e. The third-order valence-electron chi connectivity index (χ3n) is 4.84. The van der Waals surface area contributed by atoms with Crippen LogP contribution in [0.5, 0.6) is 0 Å². The molecule has 162 valence electrons. The van der Waals surface area contributed by atoms with Gasteiger partial charge in [0, 0.05) is 30.6 Å². The average molecular weight is 437 g/mol. The first-order valence-electron chi connectivity index (χ1n) is 10.4. The Morgan fingerprint density at radius 3 is 2.35 bits per heavy atom. The standard InChI is InChI=1S/C24H28N4O2S/c1-17(2)16-28-21(26-27-24(28)31-3)14-9-15-25-23(30)20-13-8-7-12-19(20)22(29)18-10-5-4-6-11-18/h4-8,10-13,17H,9,14-16H2,1-3H3,(H,25,30). The lowest BCUT2D eigenvalue weighted by Gasteiger charge is -2.12. The Labute approximate surface area is 187 Å². The van der Waals surface area contributed by atoms with Gasteiger partial charge in [-0.2, -0.15) is 0 Å². The number of hydrogen-bond acceptors (Lipinski definition) is 5. The van der Waals surface area contributed by atoms with Gasteiger partial charge in [0.2, 0.25) is 0 Å². The summed E-state index contributed by atoms with van der Waals surface area (Å²) < 4.78 is 2.16. The molecule has 7 heteroatoms. The second-order valence-electron chi connectivity index (χ2n) is 7.71. The van der Waals surface area contributed by atoms with E-state index in [1.165, 1.54) is 0 Å². The molecule has 0 fully saturated rings. The van der Waals surface area contributed by atoms with Crippen LogP contribution in [-0.4, -0.2) is 39.3 Å². The van der Waals surface area contributed by atoms with E-state index in [1.807, 2.05) is 24.5 Å². The molecule has 3 rings (SSSR count). The Balaban J connectivity index is 1.62. The van der Waals surface area contributed by atoms with Crippen molar-refractivity contribution in [1.29, 1.82) is 0 Å². The van der Waals surface area contributed by atoms with Crippen molar-refractivity contribution in [1.82, 2.24) is 20.1 Å². The van der Waals surface area contributed by atoms with Gasteiger partial charge < -0.3 is 9.88 Å². The Kier molecular flexibility index (Phi) is 8.00. The number of rotatable bonds is 10. The van der Waals surface area contributed by atoms with Crippen LogP contribution in [0.3, 0.4) is 0 Å². The smallest absolute Gasteiger partial charge is 0.252 e. The summed E-state index contributed by atoms with van der Waals surface area (Å²) in [6.45, 7) is 5.71. The van der Waals surface area contributed by atoms with Crippen LogP contribution in [0.15, 0.2) is 59.8 Å². The number of aryl methyl sites for hydroxylation is 1. The van der Waals surface area contributed by atoms with Gasteiger partial charge in [-0.25, -0.2) is 0 Å². The maximum atomic E-state index is 12.8. The number of thioether (sulfide) groups is 1. The molecular formula is C24H28N4O2S. The van der Waals surface area contributed by atoms with Gasteiger partial charge in [-0.15, -0.1) is 10.2 Å². The van der Waals surface area contributed by atoms with E-state index in [2.05, 4.69) is 33.9 Å². The highest BCUT2D eigenvalue weighted by atomic mass is 32.2. The van der Waals surface area contributed by atoms with Gasteiger partial charge in [-0.05, 0) is 24.7 Å². The Hall–Kier alpha value is -2.93. The van der Waals surface area contributed by atoms with Crippen molar-refractivity contribution in [2.75, 3.05) is 12.8 Å². The van der Waals surface area contributed by atoms with Crippen LogP contribution in [0.2, 0.25) is 0 Å². The number of nitrogens with one attached hydrogen (secondary N) is 1. The minimum atomic E-state index is -0.242. The fourth-order valence-corrected chi connectivity index (χ4v) is 3.89. The first-order valence-corrected chi connectivity index (χ1v) is 11.7. The maximum Gasteiger partial charge on any atom is 0.252 e. The summed E-state index contributed by atoms with van der Waals surface area (Å²) in [7, 11) is 0. The van der Waals surface area contributed by atoms with Gasteiger partial charge >= 0.3 is 0 Å². The number of nitrogens with zero attached hydrogens (tertiary/aromatic N) is 3. The van der Waals surface area contributed by atoms with E-state index in [0.29, 0.717) is 29.2 Å². The molecule has 0 radical (unpaired) electrons. The molecule has 0 aliphatic heterocycles. The van der Waals surface area contributed by atoms with E-state index < -0.39 is 0 Å². The summed E-state index contributed by atoms with van der Waals surface area (Å²) in [6.07, 6.45) is 3.47. The molecule has 6 nitrogen and oxygen atoms in total. The SMILES string of the molecule is CSc1nnc(CCCNC(=O)c2ccccc2C(=O)c2ccccc2)n1CC(C)C. The number of carbonyl (C=O) groups excluding carboxylic acids is 2. The molecule has 1 N–H and O–H groups in total. The van der Waals surface area contributed by atoms with Crippen LogP contribution in [0.4, 0.5) is 0 Å². The summed E-state index contributed by atoms with van der Waals surface area (Å²) >= 11 is 1.59. The van der Waals surface area contributed by atoms with Crippen LogP contribution in [0, 0.1) is 5.92 Å². The average Bonchev–Trinajstić information content (AvgIpc) is 3.17. The van der Waals surface area contributed by atoms with Crippen molar-refractivity contribution in [3.05, 3.63) is 77.1 Å². The van der Waals surface area contributed by atoms with Crippen LogP contribution >= 0.6 is 11.8 Å². The second-order valence-corrected chi connectivity index (χ2v) is 8.48. The van der Waals surface area contributed by atoms with Gasteiger partial charge in [0.25, 0.3) is 5.91 Å². The molecule has 0 bridgehead atoms. The molecule has 1 aromatic heterocycles. The fourth-order valence-electron chi connectivity index (χ4n) is 3.37. The first-order chi connectivity index (χ1) is 15.0. The summed E-state index contributed by atoms with van der Waals surface area (Å²) in [5.74, 6) is 1.04. The summed E-state index contributed by atoms with van der Waals surface area (Å²) in [6, 6.07) is 15.9. The Morgan fingerprint density at radius 2 is 1.68 bits per heavy atom. The molecule has 0 aliphatic carbocycles. The number of carbonyl (C=O) groups is 2. The molecule has 0 spiro atoms. The molecule has 0 saturated carbocycles. The number of aromatic nitrogens is 3. The molecule has 0 unspecified atom stereocenters. The molecule has 0 saturated heterocycles. The highest BCUT2D eigenvalue weighted by Gasteiger charge is 2.18. The number of benzene rings is 2. The lowest BCUT2D eigenvalue weighted by molar-refractivity contribution is 0.0941. The molecule has 0 aliphatic rings. The predicted molar refractivity (Wildman–Crippen MR) is 124 cm³/mol. The Bertz CT molecular complexity index is 1030. The van der Waals surface area contributed by atoms with Crippen LogP contribution in [-0.2, 0) is 13.0 Å². The molecule has 1 heterocycles. The van der Waals surface area contributed by atoms with Crippen molar-refractivity contribution in [2.24, 2.45) is 5.92 Å². The van der Waals surface area contributed by atoms with Crippen molar-refractivity contribution in [3.63, 3.8) is 0 Å². The third kappa shape index (κ3) is 5.82. The van der Waals surface area contributed by atoms with Crippen molar-refractivity contribution >= 4 is 23.5 Å². The topological polar surface area (TPSA) is 76.9 Å². The van der Waals surface area contributed by atoms with E-state index in [4.69, 9.17) is 0 Å². The minimum absolute atomic E-state index is 0.155. The van der Waals surface area contributed by atoms with Crippen LogP contribution in [0.1, 0.15) is 52.4 Å². The number of amides is 1. The van der Waals surface area contributed by atoms with Gasteiger partial charge in [0.05, 0.1) is 5.56 Å².